The number of carbonyl (C=O) groups is 1. The van der Waals surface area contributed by atoms with E-state index >= 15 is 0 Å². The maximum Gasteiger partial charge on any atom is 0.238 e. The van der Waals surface area contributed by atoms with Crippen LogP contribution in [0, 0.1) is 11.8 Å². The molecule has 1 saturated carbocycles. The monoisotopic (exact) mass is 290 g/mol. The Morgan fingerprint density at radius 1 is 1.29 bits per heavy atom. The van der Waals surface area contributed by atoms with E-state index in [1.807, 2.05) is 12.1 Å². The van der Waals surface area contributed by atoms with Gasteiger partial charge in [-0.3, -0.25) is 4.79 Å². The zero-order chi connectivity index (χ0) is 14.7. The Hall–Kier alpha value is -1.75. The van der Waals surface area contributed by atoms with Gasteiger partial charge in [-0.25, -0.2) is 0 Å². The summed E-state index contributed by atoms with van der Waals surface area (Å²) in [6.45, 7) is 4.60. The second-order valence-corrected chi connectivity index (χ2v) is 5.85. The maximum absolute atomic E-state index is 11.9. The summed E-state index contributed by atoms with van der Waals surface area (Å²) in [5, 5.41) is 6.09. The summed E-state index contributed by atoms with van der Waals surface area (Å²) < 4.78 is 11.0. The third kappa shape index (κ3) is 3.88. The number of hydrogen-bond acceptors (Lipinski definition) is 4. The molecule has 1 amide bonds. The maximum atomic E-state index is 11.9. The minimum absolute atomic E-state index is 0.0327. The minimum Gasteiger partial charge on any atom is -0.486 e. The Labute approximate surface area is 125 Å². The molecular weight excluding hydrogens is 268 g/mol. The first-order valence-electron chi connectivity index (χ1n) is 7.62. The first-order valence-corrected chi connectivity index (χ1v) is 7.62. The Morgan fingerprint density at radius 2 is 2.05 bits per heavy atom. The number of anilines is 1. The molecule has 3 rings (SSSR count). The van der Waals surface area contributed by atoms with Gasteiger partial charge in [-0.2, -0.15) is 0 Å². The van der Waals surface area contributed by atoms with E-state index in [4.69, 9.17) is 9.47 Å². The summed E-state index contributed by atoms with van der Waals surface area (Å²) in [4.78, 5) is 11.9. The van der Waals surface area contributed by atoms with Crippen molar-refractivity contribution in [3.63, 3.8) is 0 Å². The second-order valence-electron chi connectivity index (χ2n) is 5.85. The van der Waals surface area contributed by atoms with Gasteiger partial charge in [0.15, 0.2) is 11.5 Å². The molecule has 0 bridgehead atoms. The van der Waals surface area contributed by atoms with Crippen LogP contribution in [-0.4, -0.2) is 32.2 Å². The van der Waals surface area contributed by atoms with E-state index < -0.39 is 0 Å². The average Bonchev–Trinajstić information content (AvgIpc) is 3.31. The fourth-order valence-electron chi connectivity index (χ4n) is 2.57. The second kappa shape index (κ2) is 6.35. The van der Waals surface area contributed by atoms with Gasteiger partial charge in [-0.05, 0) is 43.4 Å². The predicted octanol–water partition coefficient (Wildman–Crippen LogP) is 2.03. The van der Waals surface area contributed by atoms with Crippen LogP contribution in [0.1, 0.15) is 19.8 Å². The van der Waals surface area contributed by atoms with E-state index in [0.717, 1.165) is 23.9 Å². The van der Waals surface area contributed by atoms with E-state index in [-0.39, 0.29) is 5.91 Å². The van der Waals surface area contributed by atoms with Gasteiger partial charge in [-0.1, -0.05) is 6.92 Å². The molecule has 21 heavy (non-hydrogen) atoms. The topological polar surface area (TPSA) is 59.6 Å². The van der Waals surface area contributed by atoms with Crippen LogP contribution in [0.25, 0.3) is 0 Å². The van der Waals surface area contributed by atoms with Gasteiger partial charge in [-0.15, -0.1) is 0 Å². The summed E-state index contributed by atoms with van der Waals surface area (Å²) in [5.74, 6) is 2.91. The molecular formula is C16H22N2O3. The quantitative estimate of drug-likeness (QED) is 0.841. The number of amides is 1. The van der Waals surface area contributed by atoms with Crippen LogP contribution >= 0.6 is 0 Å². The summed E-state index contributed by atoms with van der Waals surface area (Å²) in [7, 11) is 0. The Kier molecular flexibility index (Phi) is 4.29. The Morgan fingerprint density at radius 3 is 2.81 bits per heavy atom. The zero-order valence-electron chi connectivity index (χ0n) is 12.4. The first kappa shape index (κ1) is 14.2. The predicted molar refractivity (Wildman–Crippen MR) is 80.8 cm³/mol. The van der Waals surface area contributed by atoms with Gasteiger partial charge < -0.3 is 20.1 Å². The summed E-state index contributed by atoms with van der Waals surface area (Å²) in [6, 6.07) is 5.46. The number of rotatable bonds is 6. The molecule has 2 N–H and O–H groups in total. The number of carbonyl (C=O) groups excluding carboxylic acids is 1. The van der Waals surface area contributed by atoms with Crippen molar-refractivity contribution in [1.29, 1.82) is 0 Å². The lowest BCUT2D eigenvalue weighted by Gasteiger charge is -2.19. The fourth-order valence-corrected chi connectivity index (χ4v) is 2.57. The van der Waals surface area contributed by atoms with Crippen molar-refractivity contribution in [1.82, 2.24) is 5.32 Å². The van der Waals surface area contributed by atoms with Crippen LogP contribution in [0.2, 0.25) is 0 Å². The van der Waals surface area contributed by atoms with Crippen LogP contribution in [0.4, 0.5) is 5.69 Å². The van der Waals surface area contributed by atoms with Crippen molar-refractivity contribution in [2.75, 3.05) is 31.6 Å². The SMILES string of the molecule is CC(CNCC(=O)Nc1ccc2c(c1)OCCO2)C1CC1. The largest absolute Gasteiger partial charge is 0.486 e. The smallest absolute Gasteiger partial charge is 0.238 e. The lowest BCUT2D eigenvalue weighted by molar-refractivity contribution is -0.115. The minimum atomic E-state index is -0.0327. The van der Waals surface area contributed by atoms with Crippen molar-refractivity contribution < 1.29 is 14.3 Å². The van der Waals surface area contributed by atoms with Crippen molar-refractivity contribution in [2.24, 2.45) is 11.8 Å². The van der Waals surface area contributed by atoms with Gasteiger partial charge >= 0.3 is 0 Å². The van der Waals surface area contributed by atoms with E-state index in [2.05, 4.69) is 17.6 Å². The Balaban J connectivity index is 1.45. The molecule has 1 aliphatic heterocycles. The van der Waals surface area contributed by atoms with Gasteiger partial charge in [0.25, 0.3) is 0 Å². The molecule has 2 aliphatic rings. The highest BCUT2D eigenvalue weighted by Crippen LogP contribution is 2.36. The molecule has 1 aromatic carbocycles. The molecule has 1 heterocycles. The van der Waals surface area contributed by atoms with Gasteiger partial charge in [0.1, 0.15) is 13.2 Å². The third-order valence-electron chi connectivity index (χ3n) is 4.00. The van der Waals surface area contributed by atoms with Crippen molar-refractivity contribution >= 4 is 11.6 Å². The highest BCUT2D eigenvalue weighted by Gasteiger charge is 2.27. The highest BCUT2D eigenvalue weighted by molar-refractivity contribution is 5.92. The molecule has 114 valence electrons. The molecule has 5 nitrogen and oxygen atoms in total. The first-order chi connectivity index (χ1) is 10.2. The zero-order valence-corrected chi connectivity index (χ0v) is 12.4. The Bertz CT molecular complexity index is 514. The summed E-state index contributed by atoms with van der Waals surface area (Å²) >= 11 is 0. The van der Waals surface area contributed by atoms with Crippen LogP contribution in [0.5, 0.6) is 11.5 Å². The molecule has 5 heteroatoms. The highest BCUT2D eigenvalue weighted by atomic mass is 16.6. The number of fused-ring (bicyclic) bond motifs is 1. The molecule has 1 atom stereocenters. The normalized spacial score (nSPS) is 18.1. The van der Waals surface area contributed by atoms with Gasteiger partial charge in [0.2, 0.25) is 5.91 Å². The molecule has 0 saturated heterocycles. The third-order valence-corrected chi connectivity index (χ3v) is 4.00. The van der Waals surface area contributed by atoms with Crippen LogP contribution < -0.4 is 20.1 Å². The van der Waals surface area contributed by atoms with Crippen molar-refractivity contribution in [3.05, 3.63) is 18.2 Å². The van der Waals surface area contributed by atoms with Crippen molar-refractivity contribution in [3.8, 4) is 11.5 Å². The lowest BCUT2D eigenvalue weighted by Crippen LogP contribution is -2.31. The standard InChI is InChI=1S/C16H22N2O3/c1-11(12-2-3-12)9-17-10-16(19)18-13-4-5-14-15(8-13)21-7-6-20-14/h4-5,8,11-12,17H,2-3,6-7,9-10H2,1H3,(H,18,19). The number of ether oxygens (including phenoxy) is 2. The molecule has 0 spiro atoms. The summed E-state index contributed by atoms with van der Waals surface area (Å²) in [6.07, 6.45) is 2.68. The van der Waals surface area contributed by atoms with E-state index in [0.29, 0.717) is 31.4 Å². The molecule has 0 aromatic heterocycles. The molecule has 1 aliphatic carbocycles. The van der Waals surface area contributed by atoms with Crippen LogP contribution in [0.3, 0.4) is 0 Å². The van der Waals surface area contributed by atoms with Gasteiger partial charge in [0.05, 0.1) is 6.54 Å². The number of hydrogen-bond donors (Lipinski definition) is 2. The average molecular weight is 290 g/mol. The van der Waals surface area contributed by atoms with E-state index in [1.165, 1.54) is 12.8 Å². The van der Waals surface area contributed by atoms with Crippen molar-refractivity contribution in [2.45, 2.75) is 19.8 Å². The molecule has 1 aromatic rings. The molecule has 0 radical (unpaired) electrons. The number of nitrogens with one attached hydrogen (secondary N) is 2. The summed E-state index contributed by atoms with van der Waals surface area (Å²) in [5.41, 5.74) is 0.737. The molecule has 1 unspecified atom stereocenters. The number of benzene rings is 1. The van der Waals surface area contributed by atoms with Gasteiger partial charge in [0, 0.05) is 11.8 Å². The fraction of sp³-hybridized carbons (Fsp3) is 0.562. The van der Waals surface area contributed by atoms with Crippen LogP contribution in [-0.2, 0) is 4.79 Å². The lowest BCUT2D eigenvalue weighted by atomic mass is 10.1. The van der Waals surface area contributed by atoms with E-state index in [1.54, 1.807) is 6.07 Å². The molecule has 1 fully saturated rings. The van der Waals surface area contributed by atoms with E-state index in [9.17, 15) is 4.79 Å². The van der Waals surface area contributed by atoms with Crippen LogP contribution in [0.15, 0.2) is 18.2 Å².